The molecule has 1 aliphatic heterocycles. The summed E-state index contributed by atoms with van der Waals surface area (Å²) < 4.78 is 2.17. The molecule has 1 aliphatic rings. The maximum atomic E-state index is 12.6. The first-order valence-electron chi connectivity index (χ1n) is 9.09. The van der Waals surface area contributed by atoms with Crippen LogP contribution in [0.25, 0.3) is 11.2 Å². The maximum absolute atomic E-state index is 12.6. The zero-order chi connectivity index (χ0) is 18.1. The van der Waals surface area contributed by atoms with Gasteiger partial charge in [-0.3, -0.25) is 0 Å². The summed E-state index contributed by atoms with van der Waals surface area (Å²) in [6.07, 6.45) is 2.72. The Balaban J connectivity index is 1.51. The number of rotatable bonds is 3. The Morgan fingerprint density at radius 2 is 2.19 bits per heavy atom. The van der Waals surface area contributed by atoms with Crippen LogP contribution in [0, 0.1) is 6.92 Å². The lowest BCUT2D eigenvalue weighted by atomic mass is 10.1. The Morgan fingerprint density at radius 1 is 1.31 bits per heavy atom. The van der Waals surface area contributed by atoms with E-state index in [2.05, 4.69) is 21.8 Å². The zero-order valence-corrected chi connectivity index (χ0v) is 15.1. The van der Waals surface area contributed by atoms with Crippen LogP contribution >= 0.6 is 0 Å². The highest BCUT2D eigenvalue weighted by Gasteiger charge is 2.31. The average Bonchev–Trinajstić information content (AvgIpc) is 3.26. The van der Waals surface area contributed by atoms with Crippen molar-refractivity contribution in [2.24, 2.45) is 0 Å². The van der Waals surface area contributed by atoms with Gasteiger partial charge in [0.1, 0.15) is 11.3 Å². The summed E-state index contributed by atoms with van der Waals surface area (Å²) >= 11 is 0. The molecule has 6 nitrogen and oxygen atoms in total. The summed E-state index contributed by atoms with van der Waals surface area (Å²) in [5.74, 6) is 1.28. The molecule has 1 atom stereocenters. The van der Waals surface area contributed by atoms with E-state index < -0.39 is 0 Å². The highest BCUT2D eigenvalue weighted by molar-refractivity contribution is 5.89. The van der Waals surface area contributed by atoms with Gasteiger partial charge in [0.15, 0.2) is 5.65 Å². The zero-order valence-electron chi connectivity index (χ0n) is 15.1. The summed E-state index contributed by atoms with van der Waals surface area (Å²) in [5.41, 5.74) is 3.81. The van der Waals surface area contributed by atoms with Crippen molar-refractivity contribution in [1.29, 1.82) is 0 Å². The van der Waals surface area contributed by atoms with Crippen molar-refractivity contribution in [1.82, 2.24) is 19.4 Å². The Bertz CT molecular complexity index is 948. The number of likely N-dealkylation sites (tertiary alicyclic amines) is 1. The molecule has 1 saturated heterocycles. The predicted octanol–water partition coefficient (Wildman–Crippen LogP) is 3.78. The lowest BCUT2D eigenvalue weighted by Gasteiger charge is -2.18. The second-order valence-electron chi connectivity index (χ2n) is 6.79. The number of hydrogen-bond acceptors (Lipinski definition) is 3. The molecule has 0 aliphatic carbocycles. The fourth-order valence-electron chi connectivity index (χ4n) is 3.68. The number of hydrogen-bond donors (Lipinski definition) is 1. The number of aromatic nitrogens is 3. The number of anilines is 1. The van der Waals surface area contributed by atoms with E-state index in [1.165, 1.54) is 0 Å². The van der Waals surface area contributed by atoms with E-state index in [-0.39, 0.29) is 11.9 Å². The average molecular weight is 349 g/mol. The summed E-state index contributed by atoms with van der Waals surface area (Å²) in [5, 5.41) is 3.00. The Hall–Kier alpha value is -2.89. The molecule has 6 heteroatoms. The fraction of sp³-hybridized carbons (Fsp3) is 0.350. The van der Waals surface area contributed by atoms with Crippen molar-refractivity contribution in [3.63, 3.8) is 0 Å². The topological polar surface area (TPSA) is 63.1 Å². The molecule has 2 aromatic heterocycles. The van der Waals surface area contributed by atoms with Gasteiger partial charge in [-0.05, 0) is 50.1 Å². The molecule has 3 aromatic rings. The van der Waals surface area contributed by atoms with Crippen LogP contribution in [0.2, 0.25) is 0 Å². The van der Waals surface area contributed by atoms with Crippen molar-refractivity contribution in [3.05, 3.63) is 54.0 Å². The summed E-state index contributed by atoms with van der Waals surface area (Å²) in [7, 11) is 0. The molecule has 26 heavy (non-hydrogen) atoms. The van der Waals surface area contributed by atoms with Gasteiger partial charge >= 0.3 is 6.03 Å². The summed E-state index contributed by atoms with van der Waals surface area (Å²) in [4.78, 5) is 23.7. The van der Waals surface area contributed by atoms with E-state index in [0.29, 0.717) is 6.54 Å². The monoisotopic (exact) mass is 349 g/mol. The molecular weight excluding hydrogens is 326 g/mol. The van der Waals surface area contributed by atoms with Gasteiger partial charge in [0.2, 0.25) is 0 Å². The minimum absolute atomic E-state index is 0.0459. The number of carbonyl (C=O) groups is 1. The van der Waals surface area contributed by atoms with Crippen LogP contribution in [-0.2, 0) is 6.54 Å². The van der Waals surface area contributed by atoms with Crippen LogP contribution in [0.4, 0.5) is 10.5 Å². The van der Waals surface area contributed by atoms with Crippen molar-refractivity contribution in [3.8, 4) is 0 Å². The van der Waals surface area contributed by atoms with Gasteiger partial charge < -0.3 is 14.8 Å². The molecule has 134 valence electrons. The summed E-state index contributed by atoms with van der Waals surface area (Å²) in [6.45, 7) is 6.37. The predicted molar refractivity (Wildman–Crippen MR) is 102 cm³/mol. The van der Waals surface area contributed by atoms with E-state index in [9.17, 15) is 4.79 Å². The number of fused-ring (bicyclic) bond motifs is 1. The van der Waals surface area contributed by atoms with Gasteiger partial charge in [-0.25, -0.2) is 14.8 Å². The van der Waals surface area contributed by atoms with Crippen LogP contribution in [0.5, 0.6) is 0 Å². The number of nitrogens with one attached hydrogen (secondary N) is 1. The lowest BCUT2D eigenvalue weighted by Crippen LogP contribution is -2.33. The number of amides is 2. The Labute approximate surface area is 152 Å². The van der Waals surface area contributed by atoms with Gasteiger partial charge in [0, 0.05) is 37.4 Å². The molecule has 1 aromatic carbocycles. The number of benzene rings is 1. The van der Waals surface area contributed by atoms with Gasteiger partial charge in [-0.1, -0.05) is 12.1 Å². The second-order valence-corrected chi connectivity index (χ2v) is 6.79. The van der Waals surface area contributed by atoms with Gasteiger partial charge in [-0.2, -0.15) is 0 Å². The largest absolute Gasteiger partial charge is 0.324 e. The molecule has 0 bridgehead atoms. The minimum Gasteiger partial charge on any atom is -0.324 e. The van der Waals surface area contributed by atoms with Crippen molar-refractivity contribution in [2.75, 3.05) is 18.4 Å². The van der Waals surface area contributed by atoms with E-state index in [1.807, 2.05) is 48.2 Å². The fourth-order valence-corrected chi connectivity index (χ4v) is 3.68. The van der Waals surface area contributed by atoms with Gasteiger partial charge in [0.05, 0.1) is 0 Å². The molecule has 0 spiro atoms. The summed E-state index contributed by atoms with van der Waals surface area (Å²) in [6, 6.07) is 11.7. The molecule has 4 rings (SSSR count). The molecule has 0 radical (unpaired) electrons. The Kier molecular flexibility index (Phi) is 4.32. The molecule has 3 heterocycles. The lowest BCUT2D eigenvalue weighted by molar-refractivity contribution is 0.222. The van der Waals surface area contributed by atoms with Crippen LogP contribution in [0.15, 0.2) is 42.6 Å². The Morgan fingerprint density at radius 3 is 3.00 bits per heavy atom. The smallest absolute Gasteiger partial charge is 0.321 e. The highest BCUT2D eigenvalue weighted by atomic mass is 16.2. The number of imidazole rings is 1. The van der Waals surface area contributed by atoms with Crippen molar-refractivity contribution < 1.29 is 4.79 Å². The van der Waals surface area contributed by atoms with Crippen LogP contribution in [0.3, 0.4) is 0 Å². The normalized spacial score (nSPS) is 17.0. The molecule has 1 N–H and O–H groups in total. The molecule has 2 amide bonds. The molecule has 1 unspecified atom stereocenters. The SMILES string of the molecule is CCn1c(C2CCN(C(=O)Nc3cccc(C)c3)C2)nc2cccnc21. The molecular formula is C20H23N5O. The third-order valence-corrected chi connectivity index (χ3v) is 4.96. The number of nitrogens with zero attached hydrogens (tertiary/aromatic N) is 4. The third kappa shape index (κ3) is 3.03. The van der Waals surface area contributed by atoms with Crippen molar-refractivity contribution in [2.45, 2.75) is 32.7 Å². The number of urea groups is 1. The van der Waals surface area contributed by atoms with E-state index in [1.54, 1.807) is 6.20 Å². The minimum atomic E-state index is -0.0459. The van der Waals surface area contributed by atoms with Crippen LogP contribution < -0.4 is 5.32 Å². The second kappa shape index (κ2) is 6.78. The van der Waals surface area contributed by atoms with Gasteiger partial charge in [0.25, 0.3) is 0 Å². The number of carbonyl (C=O) groups excluding carboxylic acids is 1. The number of pyridine rings is 1. The molecule has 1 fully saturated rings. The third-order valence-electron chi connectivity index (χ3n) is 4.96. The molecule has 0 saturated carbocycles. The van der Waals surface area contributed by atoms with E-state index in [4.69, 9.17) is 4.98 Å². The van der Waals surface area contributed by atoms with Crippen LogP contribution in [-0.4, -0.2) is 38.6 Å². The van der Waals surface area contributed by atoms with E-state index in [0.717, 1.165) is 47.7 Å². The highest BCUT2D eigenvalue weighted by Crippen LogP contribution is 2.29. The van der Waals surface area contributed by atoms with Crippen molar-refractivity contribution >= 4 is 22.9 Å². The first-order chi connectivity index (χ1) is 12.7. The van der Waals surface area contributed by atoms with Gasteiger partial charge in [-0.15, -0.1) is 0 Å². The first kappa shape index (κ1) is 16.6. The quantitative estimate of drug-likeness (QED) is 0.783. The van der Waals surface area contributed by atoms with E-state index >= 15 is 0 Å². The standard InChI is InChI=1S/C20H23N5O/c1-3-25-18(23-17-8-5-10-21-19(17)25)15-9-11-24(13-15)20(26)22-16-7-4-6-14(2)12-16/h4-8,10,12,15H,3,9,11,13H2,1-2H3,(H,22,26). The first-order valence-corrected chi connectivity index (χ1v) is 9.09. The maximum Gasteiger partial charge on any atom is 0.321 e. The number of aryl methyl sites for hydroxylation is 2. The van der Waals surface area contributed by atoms with Crippen LogP contribution in [0.1, 0.15) is 30.7 Å².